The van der Waals surface area contributed by atoms with E-state index in [2.05, 4.69) is 0 Å². The number of amides is 1. The van der Waals surface area contributed by atoms with Gasteiger partial charge in [-0.3, -0.25) is 4.79 Å². The molecule has 0 bridgehead atoms. The second kappa shape index (κ2) is 4.33. The van der Waals surface area contributed by atoms with Crippen LogP contribution in [-0.4, -0.2) is 18.6 Å². The molecule has 0 atom stereocenters. The van der Waals surface area contributed by atoms with Crippen molar-refractivity contribution in [1.82, 2.24) is 5.32 Å². The third-order valence-electron chi connectivity index (χ3n) is 1.73. The van der Waals surface area contributed by atoms with Gasteiger partial charge in [0.05, 0.1) is 0 Å². The summed E-state index contributed by atoms with van der Waals surface area (Å²) in [6.45, 7) is 0.459. The largest absolute Gasteiger partial charge is 0.405 e. The van der Waals surface area contributed by atoms with E-state index in [0.29, 0.717) is 0 Å². The molecular formula is C10H10F3NO. The molecule has 1 aromatic rings. The van der Waals surface area contributed by atoms with Crippen molar-refractivity contribution >= 4 is 5.91 Å². The topological polar surface area (TPSA) is 29.1 Å². The number of hydrogen-bond donors (Lipinski definition) is 1. The number of halogens is 3. The van der Waals surface area contributed by atoms with Crippen LogP contribution < -0.4 is 5.32 Å². The Balaban J connectivity index is 2.62. The third kappa shape index (κ3) is 4.01. The fraction of sp³-hybridized carbons (Fsp3) is 0.300. The fourth-order valence-corrected chi connectivity index (χ4v) is 1.07. The molecule has 0 spiro atoms. The van der Waals surface area contributed by atoms with Crippen molar-refractivity contribution in [3.05, 3.63) is 35.4 Å². The van der Waals surface area contributed by atoms with Gasteiger partial charge in [0.2, 0.25) is 0 Å². The minimum atomic E-state index is -4.38. The summed E-state index contributed by atoms with van der Waals surface area (Å²) in [7, 11) is 0. The summed E-state index contributed by atoms with van der Waals surface area (Å²) in [5.41, 5.74) is 1.06. The van der Waals surface area contributed by atoms with Crippen molar-refractivity contribution in [2.24, 2.45) is 0 Å². The third-order valence-corrected chi connectivity index (χ3v) is 1.73. The number of carbonyl (C=O) groups excluding carboxylic acids is 1. The van der Waals surface area contributed by atoms with E-state index in [-0.39, 0.29) is 5.56 Å². The first kappa shape index (κ1) is 11.6. The molecule has 0 heterocycles. The maximum atomic E-state index is 11.8. The molecule has 82 valence electrons. The molecule has 0 fully saturated rings. The van der Waals surface area contributed by atoms with Crippen molar-refractivity contribution in [1.29, 1.82) is 0 Å². The average molecular weight is 217 g/mol. The highest BCUT2D eigenvalue weighted by Crippen LogP contribution is 2.12. The van der Waals surface area contributed by atoms with E-state index in [4.69, 9.17) is 0 Å². The average Bonchev–Trinajstić information content (AvgIpc) is 2.13. The zero-order valence-corrected chi connectivity index (χ0v) is 8.06. The van der Waals surface area contributed by atoms with Crippen LogP contribution >= 0.6 is 0 Å². The Morgan fingerprint density at radius 1 is 1.40 bits per heavy atom. The van der Waals surface area contributed by atoms with Gasteiger partial charge >= 0.3 is 6.18 Å². The van der Waals surface area contributed by atoms with Crippen LogP contribution in [0, 0.1) is 6.92 Å². The summed E-state index contributed by atoms with van der Waals surface area (Å²) in [6, 6.07) is 6.39. The number of alkyl halides is 3. The van der Waals surface area contributed by atoms with Gasteiger partial charge < -0.3 is 5.32 Å². The first-order chi connectivity index (χ1) is 6.88. The standard InChI is InChI=1S/C10H10F3NO/c1-7-3-2-4-8(5-7)9(15)14-6-10(11,12)13/h2-5H,6H2,1H3,(H,14,15). The van der Waals surface area contributed by atoms with Gasteiger partial charge in [-0.05, 0) is 19.1 Å². The van der Waals surface area contributed by atoms with Crippen molar-refractivity contribution in [3.63, 3.8) is 0 Å². The molecule has 15 heavy (non-hydrogen) atoms. The smallest absolute Gasteiger partial charge is 0.343 e. The Hall–Kier alpha value is -1.52. The quantitative estimate of drug-likeness (QED) is 0.809. The number of carbonyl (C=O) groups is 1. The predicted molar refractivity (Wildman–Crippen MR) is 49.6 cm³/mol. The van der Waals surface area contributed by atoms with E-state index in [0.717, 1.165) is 5.56 Å². The van der Waals surface area contributed by atoms with Crippen molar-refractivity contribution < 1.29 is 18.0 Å². The Morgan fingerprint density at radius 2 is 2.07 bits per heavy atom. The molecule has 0 radical (unpaired) electrons. The molecule has 2 nitrogen and oxygen atoms in total. The second-order valence-electron chi connectivity index (χ2n) is 3.17. The van der Waals surface area contributed by atoms with Crippen molar-refractivity contribution in [3.8, 4) is 0 Å². The van der Waals surface area contributed by atoms with E-state index in [9.17, 15) is 18.0 Å². The predicted octanol–water partition coefficient (Wildman–Crippen LogP) is 2.29. The maximum Gasteiger partial charge on any atom is 0.405 e. The van der Waals surface area contributed by atoms with E-state index >= 15 is 0 Å². The maximum absolute atomic E-state index is 11.8. The zero-order valence-electron chi connectivity index (χ0n) is 8.06. The summed E-state index contributed by atoms with van der Waals surface area (Å²) >= 11 is 0. The Morgan fingerprint density at radius 3 is 2.60 bits per heavy atom. The fourth-order valence-electron chi connectivity index (χ4n) is 1.07. The minimum Gasteiger partial charge on any atom is -0.343 e. The van der Waals surface area contributed by atoms with Gasteiger partial charge in [-0.25, -0.2) is 0 Å². The number of benzene rings is 1. The minimum absolute atomic E-state index is 0.235. The van der Waals surface area contributed by atoms with E-state index in [1.54, 1.807) is 24.4 Å². The molecule has 1 aromatic carbocycles. The van der Waals surface area contributed by atoms with Gasteiger partial charge in [-0.2, -0.15) is 13.2 Å². The molecule has 0 aliphatic heterocycles. The normalized spacial score (nSPS) is 11.2. The van der Waals surface area contributed by atoms with Crippen LogP contribution in [0.3, 0.4) is 0 Å². The van der Waals surface area contributed by atoms with Gasteiger partial charge in [-0.1, -0.05) is 17.7 Å². The lowest BCUT2D eigenvalue weighted by atomic mass is 10.1. The SMILES string of the molecule is Cc1cccc(C(=O)NCC(F)(F)F)c1. The van der Waals surface area contributed by atoms with Crippen LogP contribution in [-0.2, 0) is 0 Å². The molecule has 0 unspecified atom stereocenters. The van der Waals surface area contributed by atoms with Gasteiger partial charge in [0.1, 0.15) is 6.54 Å². The first-order valence-electron chi connectivity index (χ1n) is 4.30. The Bertz CT molecular complexity index is 360. The lowest BCUT2D eigenvalue weighted by Crippen LogP contribution is -2.33. The van der Waals surface area contributed by atoms with Crippen LogP contribution in [0.15, 0.2) is 24.3 Å². The Kier molecular flexibility index (Phi) is 3.34. The highest BCUT2D eigenvalue weighted by Gasteiger charge is 2.27. The second-order valence-corrected chi connectivity index (χ2v) is 3.17. The van der Waals surface area contributed by atoms with Gasteiger partial charge in [0, 0.05) is 5.56 Å². The van der Waals surface area contributed by atoms with Crippen LogP contribution in [0.4, 0.5) is 13.2 Å². The number of nitrogens with one attached hydrogen (secondary N) is 1. The van der Waals surface area contributed by atoms with Crippen LogP contribution in [0.1, 0.15) is 15.9 Å². The number of rotatable bonds is 2. The molecular weight excluding hydrogens is 207 g/mol. The first-order valence-corrected chi connectivity index (χ1v) is 4.30. The summed E-state index contributed by atoms with van der Waals surface area (Å²) < 4.78 is 35.4. The molecule has 0 saturated carbocycles. The number of hydrogen-bond acceptors (Lipinski definition) is 1. The summed E-state index contributed by atoms with van der Waals surface area (Å²) in [5.74, 6) is -0.712. The molecule has 1 rings (SSSR count). The van der Waals surface area contributed by atoms with E-state index in [1.165, 1.54) is 12.1 Å². The monoisotopic (exact) mass is 217 g/mol. The highest BCUT2D eigenvalue weighted by molar-refractivity contribution is 5.94. The molecule has 5 heteroatoms. The van der Waals surface area contributed by atoms with Crippen molar-refractivity contribution in [2.75, 3.05) is 6.54 Å². The molecule has 0 saturated heterocycles. The number of aryl methyl sites for hydroxylation is 1. The van der Waals surface area contributed by atoms with E-state index in [1.807, 2.05) is 0 Å². The van der Waals surface area contributed by atoms with Crippen LogP contribution in [0.2, 0.25) is 0 Å². The molecule has 1 amide bonds. The molecule has 0 aliphatic rings. The van der Waals surface area contributed by atoms with Crippen LogP contribution in [0.5, 0.6) is 0 Å². The Labute approximate surface area is 85.1 Å². The van der Waals surface area contributed by atoms with Crippen molar-refractivity contribution in [2.45, 2.75) is 13.1 Å². The highest BCUT2D eigenvalue weighted by atomic mass is 19.4. The molecule has 0 aromatic heterocycles. The summed E-state index contributed by atoms with van der Waals surface area (Å²) in [6.07, 6.45) is -4.38. The van der Waals surface area contributed by atoms with Gasteiger partial charge in [0.25, 0.3) is 5.91 Å². The zero-order chi connectivity index (χ0) is 11.5. The van der Waals surface area contributed by atoms with Gasteiger partial charge in [0.15, 0.2) is 0 Å². The van der Waals surface area contributed by atoms with Crippen LogP contribution in [0.25, 0.3) is 0 Å². The lowest BCUT2D eigenvalue weighted by Gasteiger charge is -2.08. The lowest BCUT2D eigenvalue weighted by molar-refractivity contribution is -0.123. The summed E-state index contributed by atoms with van der Waals surface area (Å²) in [4.78, 5) is 11.2. The molecule has 1 N–H and O–H groups in total. The van der Waals surface area contributed by atoms with E-state index < -0.39 is 18.6 Å². The summed E-state index contributed by atoms with van der Waals surface area (Å²) in [5, 5.41) is 1.80. The van der Waals surface area contributed by atoms with Gasteiger partial charge in [-0.15, -0.1) is 0 Å². The molecule has 0 aliphatic carbocycles.